The molecule has 0 amide bonds. The minimum Gasteiger partial charge on any atom is -0.478 e. The minimum atomic E-state index is -1.00. The Morgan fingerprint density at radius 1 is 1.41 bits per heavy atom. The second-order valence-electron chi connectivity index (χ2n) is 4.42. The molecule has 0 aliphatic heterocycles. The van der Waals surface area contributed by atoms with Gasteiger partial charge >= 0.3 is 11.7 Å². The van der Waals surface area contributed by atoms with Crippen LogP contribution in [-0.2, 0) is 7.05 Å². The number of aromatic nitrogens is 2. The summed E-state index contributed by atoms with van der Waals surface area (Å²) in [6.45, 7) is 0. The Morgan fingerprint density at radius 3 is 2.71 bits per heavy atom. The van der Waals surface area contributed by atoms with Crippen molar-refractivity contribution in [1.29, 1.82) is 0 Å². The van der Waals surface area contributed by atoms with Crippen LogP contribution in [0.15, 0.2) is 23.0 Å². The van der Waals surface area contributed by atoms with Gasteiger partial charge in [0.05, 0.1) is 16.6 Å². The van der Waals surface area contributed by atoms with Crippen molar-refractivity contribution >= 4 is 17.0 Å². The SMILES string of the molecule is Cn1c(=O)n(C2CC2)c2cccc(C(=O)O)c21. The summed E-state index contributed by atoms with van der Waals surface area (Å²) in [7, 11) is 1.62. The maximum absolute atomic E-state index is 12.1. The summed E-state index contributed by atoms with van der Waals surface area (Å²) in [5.74, 6) is -1.00. The molecule has 5 heteroatoms. The molecule has 5 nitrogen and oxygen atoms in total. The lowest BCUT2D eigenvalue weighted by Crippen LogP contribution is -2.21. The molecular formula is C12H12N2O3. The predicted octanol–water partition coefficient (Wildman–Crippen LogP) is 1.37. The molecule has 0 unspecified atom stereocenters. The fourth-order valence-corrected chi connectivity index (χ4v) is 2.30. The second-order valence-corrected chi connectivity index (χ2v) is 4.42. The van der Waals surface area contributed by atoms with Gasteiger partial charge in [0.25, 0.3) is 0 Å². The van der Waals surface area contributed by atoms with Crippen LogP contribution in [0.2, 0.25) is 0 Å². The van der Waals surface area contributed by atoms with Crippen molar-refractivity contribution < 1.29 is 9.90 Å². The van der Waals surface area contributed by atoms with Crippen molar-refractivity contribution in [1.82, 2.24) is 9.13 Å². The number of imidazole rings is 1. The molecule has 1 aliphatic carbocycles. The summed E-state index contributed by atoms with van der Waals surface area (Å²) in [5, 5.41) is 9.14. The van der Waals surface area contributed by atoms with Crippen molar-refractivity contribution in [3.8, 4) is 0 Å². The highest BCUT2D eigenvalue weighted by molar-refractivity contribution is 6.01. The number of rotatable bonds is 2. The van der Waals surface area contributed by atoms with E-state index in [1.807, 2.05) is 6.07 Å². The first kappa shape index (κ1) is 10.1. The molecule has 0 spiro atoms. The molecular weight excluding hydrogens is 220 g/mol. The summed E-state index contributed by atoms with van der Waals surface area (Å²) in [6.07, 6.45) is 1.99. The van der Waals surface area contributed by atoms with Crippen LogP contribution in [-0.4, -0.2) is 20.2 Å². The normalized spacial score (nSPS) is 15.4. The van der Waals surface area contributed by atoms with Gasteiger partial charge in [0.15, 0.2) is 0 Å². The molecule has 2 aromatic rings. The predicted molar refractivity (Wildman–Crippen MR) is 62.4 cm³/mol. The van der Waals surface area contributed by atoms with Crippen LogP contribution in [0.3, 0.4) is 0 Å². The third kappa shape index (κ3) is 1.32. The van der Waals surface area contributed by atoms with Crippen molar-refractivity contribution in [2.24, 2.45) is 7.05 Å². The maximum atomic E-state index is 12.1. The number of aryl methyl sites for hydroxylation is 1. The van der Waals surface area contributed by atoms with Crippen LogP contribution in [0.4, 0.5) is 0 Å². The zero-order valence-electron chi connectivity index (χ0n) is 9.38. The molecule has 0 saturated heterocycles. The van der Waals surface area contributed by atoms with Gasteiger partial charge in [-0.1, -0.05) is 6.07 Å². The van der Waals surface area contributed by atoms with Gasteiger partial charge in [0.2, 0.25) is 0 Å². The molecule has 1 N–H and O–H groups in total. The first-order chi connectivity index (χ1) is 8.11. The number of benzene rings is 1. The summed E-state index contributed by atoms with van der Waals surface area (Å²) in [4.78, 5) is 23.2. The Labute approximate surface area is 96.9 Å². The number of carboxylic acid groups (broad SMARTS) is 1. The highest BCUT2D eigenvalue weighted by atomic mass is 16.4. The molecule has 1 aromatic carbocycles. The average molecular weight is 232 g/mol. The number of hydrogen-bond acceptors (Lipinski definition) is 2. The Kier molecular flexibility index (Phi) is 1.92. The van der Waals surface area contributed by atoms with Gasteiger partial charge < -0.3 is 5.11 Å². The quantitative estimate of drug-likeness (QED) is 0.850. The van der Waals surface area contributed by atoms with Gasteiger partial charge in [-0.2, -0.15) is 0 Å². The van der Waals surface area contributed by atoms with E-state index in [1.54, 1.807) is 17.7 Å². The molecule has 1 aromatic heterocycles. The van der Waals surface area contributed by atoms with E-state index in [2.05, 4.69) is 0 Å². The van der Waals surface area contributed by atoms with Gasteiger partial charge in [-0.25, -0.2) is 9.59 Å². The molecule has 3 rings (SSSR count). The van der Waals surface area contributed by atoms with Gasteiger partial charge in [0, 0.05) is 13.1 Å². The largest absolute Gasteiger partial charge is 0.478 e. The standard InChI is InChI=1S/C12H12N2O3/c1-13-10-8(11(15)16)3-2-4-9(10)14(12(13)17)7-5-6-7/h2-4,7H,5-6H2,1H3,(H,15,16). The fraction of sp³-hybridized carbons (Fsp3) is 0.333. The zero-order chi connectivity index (χ0) is 12.2. The molecule has 1 aliphatic rings. The first-order valence-electron chi connectivity index (χ1n) is 5.54. The molecule has 0 bridgehead atoms. The molecule has 0 radical (unpaired) electrons. The van der Waals surface area contributed by atoms with E-state index >= 15 is 0 Å². The van der Waals surface area contributed by atoms with Crippen LogP contribution in [0.5, 0.6) is 0 Å². The smallest absolute Gasteiger partial charge is 0.337 e. The van der Waals surface area contributed by atoms with E-state index in [9.17, 15) is 9.59 Å². The number of nitrogens with zero attached hydrogens (tertiary/aromatic N) is 2. The second kappa shape index (κ2) is 3.23. The van der Waals surface area contributed by atoms with Gasteiger partial charge in [-0.05, 0) is 25.0 Å². The number of para-hydroxylation sites is 1. The monoisotopic (exact) mass is 232 g/mol. The summed E-state index contributed by atoms with van der Waals surface area (Å²) < 4.78 is 3.14. The van der Waals surface area contributed by atoms with Crippen LogP contribution in [0.1, 0.15) is 29.2 Å². The van der Waals surface area contributed by atoms with Crippen molar-refractivity contribution in [2.75, 3.05) is 0 Å². The van der Waals surface area contributed by atoms with Crippen molar-refractivity contribution in [2.45, 2.75) is 18.9 Å². The van der Waals surface area contributed by atoms with Gasteiger partial charge in [0.1, 0.15) is 0 Å². The minimum absolute atomic E-state index is 0.129. The Hall–Kier alpha value is -2.04. The molecule has 1 heterocycles. The lowest BCUT2D eigenvalue weighted by atomic mass is 10.2. The molecule has 88 valence electrons. The van der Waals surface area contributed by atoms with Crippen LogP contribution in [0.25, 0.3) is 11.0 Å². The van der Waals surface area contributed by atoms with Crippen molar-refractivity contribution in [3.63, 3.8) is 0 Å². The summed E-state index contributed by atoms with van der Waals surface area (Å²) >= 11 is 0. The van der Waals surface area contributed by atoms with Gasteiger partial charge in [-0.3, -0.25) is 9.13 Å². The summed E-state index contributed by atoms with van der Waals surface area (Å²) in [6, 6.07) is 5.27. The molecule has 1 fully saturated rings. The summed E-state index contributed by atoms with van der Waals surface area (Å²) in [5.41, 5.74) is 1.29. The van der Waals surface area contributed by atoms with Crippen LogP contribution >= 0.6 is 0 Å². The van der Waals surface area contributed by atoms with Gasteiger partial charge in [-0.15, -0.1) is 0 Å². The topological polar surface area (TPSA) is 64.2 Å². The zero-order valence-corrected chi connectivity index (χ0v) is 9.38. The van der Waals surface area contributed by atoms with E-state index in [0.29, 0.717) is 5.52 Å². The lowest BCUT2D eigenvalue weighted by Gasteiger charge is -2.01. The number of fused-ring (bicyclic) bond motifs is 1. The Morgan fingerprint density at radius 2 is 2.12 bits per heavy atom. The van der Waals surface area contributed by atoms with E-state index in [0.717, 1.165) is 18.4 Å². The Balaban J connectivity index is 2.46. The fourth-order valence-electron chi connectivity index (χ4n) is 2.30. The van der Waals surface area contributed by atoms with E-state index in [1.165, 1.54) is 10.6 Å². The number of carbonyl (C=O) groups is 1. The highest BCUT2D eigenvalue weighted by Gasteiger charge is 2.29. The average Bonchev–Trinajstić information content (AvgIpc) is 3.08. The van der Waals surface area contributed by atoms with Crippen LogP contribution < -0.4 is 5.69 Å². The number of hydrogen-bond donors (Lipinski definition) is 1. The third-order valence-electron chi connectivity index (χ3n) is 3.25. The highest BCUT2D eigenvalue weighted by Crippen LogP contribution is 2.36. The maximum Gasteiger partial charge on any atom is 0.337 e. The Bertz CT molecular complexity index is 677. The van der Waals surface area contributed by atoms with Crippen LogP contribution in [0, 0.1) is 0 Å². The third-order valence-corrected chi connectivity index (χ3v) is 3.25. The van der Waals surface area contributed by atoms with E-state index < -0.39 is 5.97 Å². The lowest BCUT2D eigenvalue weighted by molar-refractivity contribution is 0.0698. The van der Waals surface area contributed by atoms with E-state index in [-0.39, 0.29) is 17.3 Å². The van der Waals surface area contributed by atoms with E-state index in [4.69, 9.17) is 5.11 Å². The van der Waals surface area contributed by atoms with Crippen molar-refractivity contribution in [3.05, 3.63) is 34.2 Å². The molecule has 1 saturated carbocycles. The number of carboxylic acids is 1. The first-order valence-corrected chi connectivity index (χ1v) is 5.54. The number of aromatic carboxylic acids is 1. The molecule has 17 heavy (non-hydrogen) atoms. The molecule has 0 atom stereocenters.